The number of hydrogen-bond acceptors (Lipinski definition) is 2. The van der Waals surface area contributed by atoms with Crippen LogP contribution < -0.4 is 5.32 Å². The van der Waals surface area contributed by atoms with Crippen LogP contribution in [0.2, 0.25) is 5.02 Å². The molecule has 0 aromatic heterocycles. The highest BCUT2D eigenvalue weighted by Crippen LogP contribution is 2.24. The fraction of sp³-hybridized carbons (Fsp3) is 0.429. The zero-order valence-corrected chi connectivity index (χ0v) is 10.8. The summed E-state index contributed by atoms with van der Waals surface area (Å²) in [5.41, 5.74) is 1.30. The summed E-state index contributed by atoms with van der Waals surface area (Å²) < 4.78 is 0. The van der Waals surface area contributed by atoms with E-state index in [1.54, 1.807) is 0 Å². The maximum Gasteiger partial charge on any atom is 0.0473 e. The summed E-state index contributed by atoms with van der Waals surface area (Å²) in [6, 6.07) is 8.61. The quantitative estimate of drug-likeness (QED) is 0.827. The molecular formula is C14H19ClN2. The van der Waals surface area contributed by atoms with Crippen LogP contribution in [-0.4, -0.2) is 31.1 Å². The number of rotatable bonds is 4. The Morgan fingerprint density at radius 1 is 1.53 bits per heavy atom. The van der Waals surface area contributed by atoms with Crippen molar-refractivity contribution in [1.82, 2.24) is 10.2 Å². The van der Waals surface area contributed by atoms with E-state index < -0.39 is 0 Å². The number of benzene rings is 1. The van der Waals surface area contributed by atoms with Gasteiger partial charge in [0, 0.05) is 37.2 Å². The van der Waals surface area contributed by atoms with Crippen molar-refractivity contribution >= 4 is 11.6 Å². The van der Waals surface area contributed by atoms with E-state index in [4.69, 9.17) is 11.6 Å². The predicted octanol–water partition coefficient (Wildman–Crippen LogP) is 2.86. The van der Waals surface area contributed by atoms with Crippen molar-refractivity contribution in [3.8, 4) is 0 Å². The third kappa shape index (κ3) is 3.32. The Morgan fingerprint density at radius 3 is 3.18 bits per heavy atom. The minimum Gasteiger partial charge on any atom is -0.314 e. The van der Waals surface area contributed by atoms with E-state index in [9.17, 15) is 0 Å². The fourth-order valence-electron chi connectivity index (χ4n) is 2.31. The first-order chi connectivity index (χ1) is 8.31. The van der Waals surface area contributed by atoms with Gasteiger partial charge in [-0.2, -0.15) is 0 Å². The zero-order valence-electron chi connectivity index (χ0n) is 10.0. The largest absolute Gasteiger partial charge is 0.314 e. The zero-order chi connectivity index (χ0) is 12.1. The molecular weight excluding hydrogens is 232 g/mol. The first-order valence-electron chi connectivity index (χ1n) is 6.12. The molecule has 1 unspecified atom stereocenters. The molecule has 1 saturated heterocycles. The van der Waals surface area contributed by atoms with Gasteiger partial charge in [-0.1, -0.05) is 29.8 Å². The topological polar surface area (TPSA) is 15.3 Å². The monoisotopic (exact) mass is 250 g/mol. The van der Waals surface area contributed by atoms with Gasteiger partial charge in [0.2, 0.25) is 0 Å². The van der Waals surface area contributed by atoms with Crippen LogP contribution in [0, 0.1) is 0 Å². The van der Waals surface area contributed by atoms with Crippen molar-refractivity contribution in [1.29, 1.82) is 0 Å². The second kappa shape index (κ2) is 6.20. The van der Waals surface area contributed by atoms with E-state index in [2.05, 4.69) is 28.9 Å². The molecule has 0 bridgehead atoms. The van der Waals surface area contributed by atoms with E-state index in [1.165, 1.54) is 5.56 Å². The Hall–Kier alpha value is -0.830. The number of nitrogens with one attached hydrogen (secondary N) is 1. The second-order valence-corrected chi connectivity index (χ2v) is 4.82. The van der Waals surface area contributed by atoms with Gasteiger partial charge in [-0.15, -0.1) is 6.58 Å². The number of nitrogens with zero attached hydrogens (tertiary/aromatic N) is 1. The van der Waals surface area contributed by atoms with Crippen LogP contribution in [0.15, 0.2) is 36.9 Å². The molecule has 0 saturated carbocycles. The van der Waals surface area contributed by atoms with Crippen LogP contribution in [0.1, 0.15) is 18.0 Å². The molecule has 1 atom stereocenters. The van der Waals surface area contributed by atoms with Gasteiger partial charge in [0.25, 0.3) is 0 Å². The molecule has 1 aliphatic rings. The van der Waals surface area contributed by atoms with Gasteiger partial charge in [-0.05, 0) is 24.1 Å². The Balaban J connectivity index is 2.12. The molecule has 1 aliphatic heterocycles. The van der Waals surface area contributed by atoms with Gasteiger partial charge >= 0.3 is 0 Å². The molecule has 0 spiro atoms. The average molecular weight is 251 g/mol. The lowest BCUT2D eigenvalue weighted by Crippen LogP contribution is -2.46. The Kier molecular flexibility index (Phi) is 4.60. The molecule has 1 heterocycles. The first-order valence-corrected chi connectivity index (χ1v) is 6.50. The van der Waals surface area contributed by atoms with Crippen molar-refractivity contribution in [2.24, 2.45) is 0 Å². The molecule has 2 nitrogen and oxygen atoms in total. The highest BCUT2D eigenvalue weighted by Gasteiger charge is 2.22. The van der Waals surface area contributed by atoms with Crippen molar-refractivity contribution in [2.45, 2.75) is 12.5 Å². The van der Waals surface area contributed by atoms with E-state index in [-0.39, 0.29) is 0 Å². The molecule has 1 aromatic rings. The van der Waals surface area contributed by atoms with Crippen molar-refractivity contribution in [2.75, 3.05) is 26.2 Å². The smallest absolute Gasteiger partial charge is 0.0473 e. The Morgan fingerprint density at radius 2 is 2.41 bits per heavy atom. The molecule has 0 radical (unpaired) electrons. The van der Waals surface area contributed by atoms with Crippen LogP contribution in [0.5, 0.6) is 0 Å². The fourth-order valence-corrected chi connectivity index (χ4v) is 2.51. The molecule has 17 heavy (non-hydrogen) atoms. The summed E-state index contributed by atoms with van der Waals surface area (Å²) in [6.45, 7) is 8.01. The first kappa shape index (κ1) is 12.6. The van der Waals surface area contributed by atoms with E-state index in [0.717, 1.165) is 37.6 Å². The van der Waals surface area contributed by atoms with E-state index >= 15 is 0 Å². The molecule has 0 aliphatic carbocycles. The van der Waals surface area contributed by atoms with Crippen LogP contribution in [0.3, 0.4) is 0 Å². The lowest BCUT2D eigenvalue weighted by Gasteiger charge is -2.36. The Labute approximate surface area is 108 Å². The van der Waals surface area contributed by atoms with Crippen molar-refractivity contribution in [3.63, 3.8) is 0 Å². The van der Waals surface area contributed by atoms with Gasteiger partial charge in [-0.3, -0.25) is 4.90 Å². The molecule has 0 amide bonds. The van der Waals surface area contributed by atoms with Crippen molar-refractivity contribution in [3.05, 3.63) is 47.5 Å². The number of piperazine rings is 1. The van der Waals surface area contributed by atoms with Gasteiger partial charge in [0.1, 0.15) is 0 Å². The maximum atomic E-state index is 6.06. The maximum absolute atomic E-state index is 6.06. The normalized spacial score (nSPS) is 21.4. The summed E-state index contributed by atoms with van der Waals surface area (Å²) in [4.78, 5) is 2.50. The molecule has 1 aromatic carbocycles. The van der Waals surface area contributed by atoms with Gasteiger partial charge < -0.3 is 5.32 Å². The summed E-state index contributed by atoms with van der Waals surface area (Å²) in [6.07, 6.45) is 3.02. The number of hydrogen-bond donors (Lipinski definition) is 1. The number of halogens is 1. The Bertz CT molecular complexity index is 378. The lowest BCUT2D eigenvalue weighted by atomic mass is 10.0. The molecule has 1 N–H and O–H groups in total. The summed E-state index contributed by atoms with van der Waals surface area (Å²) in [5.74, 6) is 0. The van der Waals surface area contributed by atoms with E-state index in [1.807, 2.05) is 18.2 Å². The van der Waals surface area contributed by atoms with Gasteiger partial charge in [0.05, 0.1) is 0 Å². The summed E-state index contributed by atoms with van der Waals surface area (Å²) >= 11 is 6.06. The molecule has 92 valence electrons. The third-order valence-electron chi connectivity index (χ3n) is 3.21. The molecule has 1 fully saturated rings. The average Bonchev–Trinajstić information content (AvgIpc) is 2.37. The van der Waals surface area contributed by atoms with Crippen LogP contribution >= 0.6 is 11.6 Å². The summed E-state index contributed by atoms with van der Waals surface area (Å²) in [7, 11) is 0. The minimum absolute atomic E-state index is 0.433. The third-order valence-corrected chi connectivity index (χ3v) is 3.44. The van der Waals surface area contributed by atoms with Gasteiger partial charge in [-0.25, -0.2) is 0 Å². The standard InChI is InChI=1S/C14H19ClN2/c1-2-3-8-17-9-7-16-11-14(17)12-5-4-6-13(15)10-12/h2,4-6,10,14,16H,1,3,7-9,11H2. The highest BCUT2D eigenvalue weighted by atomic mass is 35.5. The van der Waals surface area contributed by atoms with Crippen LogP contribution in [0.25, 0.3) is 0 Å². The molecule has 2 rings (SSSR count). The van der Waals surface area contributed by atoms with Crippen LogP contribution in [-0.2, 0) is 0 Å². The second-order valence-electron chi connectivity index (χ2n) is 4.39. The predicted molar refractivity (Wildman–Crippen MR) is 73.4 cm³/mol. The van der Waals surface area contributed by atoms with Crippen LogP contribution in [0.4, 0.5) is 0 Å². The SMILES string of the molecule is C=CCCN1CCNCC1c1cccc(Cl)c1. The van der Waals surface area contributed by atoms with E-state index in [0.29, 0.717) is 6.04 Å². The van der Waals surface area contributed by atoms with Crippen molar-refractivity contribution < 1.29 is 0 Å². The lowest BCUT2D eigenvalue weighted by molar-refractivity contribution is 0.165. The highest BCUT2D eigenvalue weighted by molar-refractivity contribution is 6.30. The van der Waals surface area contributed by atoms with Gasteiger partial charge in [0.15, 0.2) is 0 Å². The summed E-state index contributed by atoms with van der Waals surface area (Å²) in [5, 5.41) is 4.27. The molecule has 3 heteroatoms. The minimum atomic E-state index is 0.433.